The normalized spacial score (nSPS) is 13.9. The zero-order valence-electron chi connectivity index (χ0n) is 8.92. The average Bonchev–Trinajstić information content (AvgIpc) is 2.81. The third-order valence-corrected chi connectivity index (χ3v) is 3.19. The van der Waals surface area contributed by atoms with Crippen molar-refractivity contribution in [3.05, 3.63) is 39.1 Å². The molecular weight excluding hydrogens is 223 g/mol. The molecule has 86 valence electrons. The summed E-state index contributed by atoms with van der Waals surface area (Å²) < 4.78 is 13.9. The maximum Gasteiger partial charge on any atom is 0.252 e. The summed E-state index contributed by atoms with van der Waals surface area (Å²) >= 11 is 0. The topological polar surface area (TPSA) is 62.8 Å². The molecule has 2 aromatic rings. The number of carbonyl (C=O) groups is 1. The molecule has 0 fully saturated rings. The molecule has 0 aliphatic heterocycles. The molecule has 0 radical (unpaired) electrons. The number of aromatic nitrogens is 2. The van der Waals surface area contributed by atoms with Gasteiger partial charge in [-0.1, -0.05) is 0 Å². The highest BCUT2D eigenvalue weighted by molar-refractivity contribution is 5.86. The van der Waals surface area contributed by atoms with Crippen molar-refractivity contribution in [3.8, 4) is 0 Å². The third-order valence-electron chi connectivity index (χ3n) is 3.19. The fourth-order valence-corrected chi connectivity index (χ4v) is 2.37. The number of halogens is 1. The summed E-state index contributed by atoms with van der Waals surface area (Å²) in [5.74, 6) is -0.697. The van der Waals surface area contributed by atoms with Crippen molar-refractivity contribution in [3.63, 3.8) is 0 Å². The lowest BCUT2D eigenvalue weighted by Crippen LogP contribution is -2.14. The number of carbonyl (C=O) groups excluding carboxylic acids is 1. The molecule has 0 atom stereocenters. The minimum Gasteiger partial charge on any atom is -0.318 e. The monoisotopic (exact) mass is 232 g/mol. The first-order valence-corrected chi connectivity index (χ1v) is 5.40. The van der Waals surface area contributed by atoms with Crippen molar-refractivity contribution < 1.29 is 9.18 Å². The Morgan fingerprint density at radius 1 is 1.35 bits per heavy atom. The van der Waals surface area contributed by atoms with E-state index in [4.69, 9.17) is 0 Å². The van der Waals surface area contributed by atoms with Crippen LogP contribution in [0.3, 0.4) is 0 Å². The number of H-pyrrole nitrogens is 1. The molecule has 1 aliphatic carbocycles. The number of aldehydes is 1. The summed E-state index contributed by atoms with van der Waals surface area (Å²) in [5.41, 5.74) is 1.63. The first-order chi connectivity index (χ1) is 8.22. The van der Waals surface area contributed by atoms with E-state index in [0.717, 1.165) is 18.4 Å². The second kappa shape index (κ2) is 3.48. The third kappa shape index (κ3) is 1.32. The number of pyridine rings is 2. The number of hydrogen-bond acceptors (Lipinski definition) is 3. The maximum absolute atomic E-state index is 13.9. The number of nitrogens with one attached hydrogen (secondary N) is 1. The fourth-order valence-electron chi connectivity index (χ4n) is 2.37. The van der Waals surface area contributed by atoms with Gasteiger partial charge in [0.25, 0.3) is 5.56 Å². The van der Waals surface area contributed by atoms with E-state index in [1.54, 1.807) is 0 Å². The Labute approximate surface area is 95.5 Å². The van der Waals surface area contributed by atoms with Crippen LogP contribution in [0.25, 0.3) is 11.0 Å². The van der Waals surface area contributed by atoms with E-state index in [0.29, 0.717) is 23.8 Å². The van der Waals surface area contributed by atoms with Crippen LogP contribution in [0.1, 0.15) is 27.9 Å². The van der Waals surface area contributed by atoms with Gasteiger partial charge in [-0.3, -0.25) is 14.6 Å². The van der Waals surface area contributed by atoms with E-state index in [1.165, 1.54) is 6.20 Å². The highest BCUT2D eigenvalue weighted by Gasteiger charge is 2.21. The van der Waals surface area contributed by atoms with Gasteiger partial charge in [-0.25, -0.2) is 4.39 Å². The average molecular weight is 232 g/mol. The maximum atomic E-state index is 13.9. The van der Waals surface area contributed by atoms with E-state index >= 15 is 0 Å². The minimum atomic E-state index is -0.697. The molecule has 1 N–H and O–H groups in total. The van der Waals surface area contributed by atoms with Gasteiger partial charge >= 0.3 is 0 Å². The number of aryl methyl sites for hydroxylation is 1. The molecule has 0 bridgehead atoms. The van der Waals surface area contributed by atoms with Gasteiger partial charge in [0.2, 0.25) is 0 Å². The lowest BCUT2D eigenvalue weighted by molar-refractivity contribution is 0.111. The Morgan fingerprint density at radius 3 is 2.88 bits per heavy atom. The van der Waals surface area contributed by atoms with Crippen LogP contribution in [-0.4, -0.2) is 16.3 Å². The molecule has 1 aliphatic rings. The minimum absolute atomic E-state index is 0.0419. The quantitative estimate of drug-likeness (QED) is 0.755. The van der Waals surface area contributed by atoms with Gasteiger partial charge in [0.05, 0.1) is 11.1 Å². The van der Waals surface area contributed by atoms with Crippen molar-refractivity contribution in [2.45, 2.75) is 19.3 Å². The van der Waals surface area contributed by atoms with Crippen molar-refractivity contribution in [1.29, 1.82) is 0 Å². The van der Waals surface area contributed by atoms with Crippen molar-refractivity contribution in [2.24, 2.45) is 0 Å². The molecule has 3 rings (SSSR count). The summed E-state index contributed by atoms with van der Waals surface area (Å²) in [6.45, 7) is 0. The molecule has 0 saturated heterocycles. The Bertz CT molecular complexity index is 691. The second-order valence-electron chi connectivity index (χ2n) is 4.13. The van der Waals surface area contributed by atoms with E-state index in [1.807, 2.05) is 0 Å². The molecule has 0 amide bonds. The van der Waals surface area contributed by atoms with Crippen LogP contribution in [0.15, 0.2) is 11.0 Å². The summed E-state index contributed by atoms with van der Waals surface area (Å²) in [7, 11) is 0. The predicted octanol–water partition coefficient (Wildman–Crippen LogP) is 1.36. The lowest BCUT2D eigenvalue weighted by Gasteiger charge is -2.05. The van der Waals surface area contributed by atoms with E-state index in [9.17, 15) is 14.0 Å². The molecule has 17 heavy (non-hydrogen) atoms. The van der Waals surface area contributed by atoms with Crippen molar-refractivity contribution in [2.75, 3.05) is 0 Å². The first-order valence-electron chi connectivity index (χ1n) is 5.40. The van der Waals surface area contributed by atoms with Gasteiger partial charge in [-0.2, -0.15) is 0 Å². The van der Waals surface area contributed by atoms with E-state index < -0.39 is 5.82 Å². The molecule has 2 aromatic heterocycles. The van der Waals surface area contributed by atoms with Crippen LogP contribution in [0, 0.1) is 5.82 Å². The predicted molar refractivity (Wildman–Crippen MR) is 59.7 cm³/mol. The zero-order chi connectivity index (χ0) is 12.0. The van der Waals surface area contributed by atoms with Crippen molar-refractivity contribution in [1.82, 2.24) is 9.97 Å². The zero-order valence-corrected chi connectivity index (χ0v) is 8.92. The van der Waals surface area contributed by atoms with Crippen LogP contribution >= 0.6 is 0 Å². The fraction of sp³-hybridized carbons (Fsp3) is 0.250. The molecule has 5 heteroatoms. The van der Waals surface area contributed by atoms with Gasteiger partial charge < -0.3 is 4.98 Å². The van der Waals surface area contributed by atoms with Gasteiger partial charge in [-0.15, -0.1) is 0 Å². The summed E-state index contributed by atoms with van der Waals surface area (Å²) in [5, 5.41) is 0. The standard InChI is InChI=1S/C12H9FN2O2/c13-9-6(5-16)4-14-10-7-2-1-3-8(7)12(17)15-11(9)10/h4-5H,1-3H2,(H,15,17). The molecule has 0 unspecified atom stereocenters. The number of rotatable bonds is 1. The number of hydrogen-bond donors (Lipinski definition) is 1. The van der Waals surface area contributed by atoms with Gasteiger partial charge in [-0.05, 0) is 24.8 Å². The molecular formula is C12H9FN2O2. The highest BCUT2D eigenvalue weighted by atomic mass is 19.1. The van der Waals surface area contributed by atoms with Crippen LogP contribution < -0.4 is 5.56 Å². The number of nitrogens with zero attached hydrogens (tertiary/aromatic N) is 1. The van der Waals surface area contributed by atoms with Crippen LogP contribution in [0.4, 0.5) is 4.39 Å². The van der Waals surface area contributed by atoms with Gasteiger partial charge in [0, 0.05) is 11.8 Å². The molecule has 0 spiro atoms. The number of fused-ring (bicyclic) bond motifs is 3. The Morgan fingerprint density at radius 2 is 2.12 bits per heavy atom. The van der Waals surface area contributed by atoms with Crippen LogP contribution in [0.5, 0.6) is 0 Å². The SMILES string of the molecule is O=Cc1cnc2c3c(c(=O)[nH]c2c1F)CCC3. The van der Waals surface area contributed by atoms with Gasteiger partial charge in [0.15, 0.2) is 12.1 Å². The summed E-state index contributed by atoms with van der Waals surface area (Å²) in [4.78, 5) is 28.9. The highest BCUT2D eigenvalue weighted by Crippen LogP contribution is 2.26. The summed E-state index contributed by atoms with van der Waals surface area (Å²) in [6, 6.07) is 0. The van der Waals surface area contributed by atoms with E-state index in [-0.39, 0.29) is 16.6 Å². The first kappa shape index (κ1) is 10.1. The van der Waals surface area contributed by atoms with Crippen LogP contribution in [-0.2, 0) is 12.8 Å². The molecule has 0 aromatic carbocycles. The van der Waals surface area contributed by atoms with Gasteiger partial charge in [0.1, 0.15) is 5.52 Å². The van der Waals surface area contributed by atoms with E-state index in [2.05, 4.69) is 9.97 Å². The smallest absolute Gasteiger partial charge is 0.252 e. The Hall–Kier alpha value is -2.04. The Kier molecular flexibility index (Phi) is 2.07. The molecule has 2 heterocycles. The largest absolute Gasteiger partial charge is 0.318 e. The van der Waals surface area contributed by atoms with Crippen LogP contribution in [0.2, 0.25) is 0 Å². The molecule has 0 saturated carbocycles. The lowest BCUT2D eigenvalue weighted by atomic mass is 10.1. The molecule has 4 nitrogen and oxygen atoms in total. The Balaban J connectivity index is 2.49. The van der Waals surface area contributed by atoms with Crippen molar-refractivity contribution >= 4 is 17.3 Å². The second-order valence-corrected chi connectivity index (χ2v) is 4.13. The summed E-state index contributed by atoms with van der Waals surface area (Å²) in [6.07, 6.45) is 3.94. The number of aromatic amines is 1.